The van der Waals surface area contributed by atoms with E-state index in [-0.39, 0.29) is 23.8 Å². The van der Waals surface area contributed by atoms with Crippen molar-refractivity contribution in [2.45, 2.75) is 44.6 Å². The van der Waals surface area contributed by atoms with Crippen molar-refractivity contribution >= 4 is 23.4 Å². The summed E-state index contributed by atoms with van der Waals surface area (Å²) in [5, 5.41) is 0. The Morgan fingerprint density at radius 1 is 0.824 bits per heavy atom. The van der Waals surface area contributed by atoms with E-state index in [2.05, 4.69) is 9.80 Å². The van der Waals surface area contributed by atoms with Gasteiger partial charge in [-0.2, -0.15) is 0 Å². The predicted octanol–water partition coefficient (Wildman–Crippen LogP) is 1.66. The fourth-order valence-corrected chi connectivity index (χ4v) is 5.87. The summed E-state index contributed by atoms with van der Waals surface area (Å²) in [6.45, 7) is 8.60. The highest BCUT2D eigenvalue weighted by Gasteiger charge is 2.41. The molecule has 184 valence electrons. The van der Waals surface area contributed by atoms with E-state index in [0.717, 1.165) is 90.0 Å². The zero-order valence-electron chi connectivity index (χ0n) is 20.2. The van der Waals surface area contributed by atoms with E-state index in [1.165, 1.54) is 0 Å². The van der Waals surface area contributed by atoms with Crippen LogP contribution in [-0.4, -0.2) is 109 Å². The number of benzene rings is 1. The summed E-state index contributed by atoms with van der Waals surface area (Å²) >= 11 is 0. The highest BCUT2D eigenvalue weighted by molar-refractivity contribution is 6.11. The van der Waals surface area contributed by atoms with E-state index in [0.29, 0.717) is 25.2 Å². The van der Waals surface area contributed by atoms with E-state index in [4.69, 9.17) is 0 Å². The molecule has 3 amide bonds. The molecular weight excluding hydrogens is 430 g/mol. The molecule has 0 bridgehead atoms. The van der Waals surface area contributed by atoms with Crippen LogP contribution < -0.4 is 4.90 Å². The highest BCUT2D eigenvalue weighted by Crippen LogP contribution is 2.32. The first-order valence-corrected chi connectivity index (χ1v) is 13.1. The van der Waals surface area contributed by atoms with Gasteiger partial charge in [-0.15, -0.1) is 0 Å². The summed E-state index contributed by atoms with van der Waals surface area (Å²) in [6.07, 6.45) is 5.87. The molecule has 0 radical (unpaired) electrons. The van der Waals surface area contributed by atoms with Crippen LogP contribution in [-0.2, 0) is 9.59 Å². The molecule has 3 saturated heterocycles. The lowest BCUT2D eigenvalue weighted by molar-refractivity contribution is -0.131. The minimum Gasteiger partial charge on any atom is -0.342 e. The first kappa shape index (κ1) is 23.3. The van der Waals surface area contributed by atoms with Crippen molar-refractivity contribution in [1.29, 1.82) is 0 Å². The first-order valence-electron chi connectivity index (χ1n) is 13.1. The second-order valence-corrected chi connectivity index (χ2v) is 10.1. The SMILES string of the molecule is O=C(CN1CCN(CCCCN2C(=O)C3CCCN3C(=O)c3ccccc32)CC1)N1CCCC1. The van der Waals surface area contributed by atoms with Gasteiger partial charge in [0, 0.05) is 52.4 Å². The number of anilines is 1. The van der Waals surface area contributed by atoms with Gasteiger partial charge >= 0.3 is 0 Å². The first-order chi connectivity index (χ1) is 16.6. The number of carbonyl (C=O) groups excluding carboxylic acids is 3. The van der Waals surface area contributed by atoms with Gasteiger partial charge in [0.05, 0.1) is 17.8 Å². The number of amides is 3. The molecule has 8 heteroatoms. The number of hydrogen-bond acceptors (Lipinski definition) is 5. The summed E-state index contributed by atoms with van der Waals surface area (Å²) < 4.78 is 0. The molecular formula is C26H37N5O3. The minimum absolute atomic E-state index is 0.00460. The summed E-state index contributed by atoms with van der Waals surface area (Å²) in [5.41, 5.74) is 1.42. The van der Waals surface area contributed by atoms with E-state index in [9.17, 15) is 14.4 Å². The molecule has 0 saturated carbocycles. The Kier molecular flexibility index (Phi) is 7.15. The van der Waals surface area contributed by atoms with Gasteiger partial charge in [-0.25, -0.2) is 0 Å². The van der Waals surface area contributed by atoms with Crippen molar-refractivity contribution in [3.63, 3.8) is 0 Å². The van der Waals surface area contributed by atoms with E-state index >= 15 is 0 Å². The second-order valence-electron chi connectivity index (χ2n) is 10.1. The predicted molar refractivity (Wildman–Crippen MR) is 131 cm³/mol. The topological polar surface area (TPSA) is 67.4 Å². The largest absolute Gasteiger partial charge is 0.342 e. The molecule has 5 rings (SSSR count). The van der Waals surface area contributed by atoms with Gasteiger partial charge in [0.15, 0.2) is 0 Å². The number of nitrogens with zero attached hydrogens (tertiary/aromatic N) is 5. The van der Waals surface area contributed by atoms with Crippen molar-refractivity contribution in [3.05, 3.63) is 29.8 Å². The number of piperazine rings is 1. The highest BCUT2D eigenvalue weighted by atomic mass is 16.2. The minimum atomic E-state index is -0.309. The Hall–Kier alpha value is -2.45. The molecule has 4 heterocycles. The van der Waals surface area contributed by atoms with Crippen LogP contribution in [0.1, 0.15) is 48.9 Å². The third-order valence-electron chi connectivity index (χ3n) is 7.88. The second kappa shape index (κ2) is 10.4. The molecule has 8 nitrogen and oxygen atoms in total. The molecule has 0 N–H and O–H groups in total. The standard InChI is InChI=1S/C26H37N5O3/c32-24(29-12-4-5-13-29)20-28-18-16-27(17-19-28)11-3-6-14-30-22-9-2-1-8-21(22)25(33)31-15-7-10-23(31)26(30)34/h1-2,8-9,23H,3-7,10-20H2. The number of rotatable bonds is 7. The van der Waals surface area contributed by atoms with Gasteiger partial charge in [0.1, 0.15) is 6.04 Å². The molecule has 0 aromatic heterocycles. The van der Waals surface area contributed by atoms with Gasteiger partial charge in [-0.3, -0.25) is 19.3 Å². The maximum Gasteiger partial charge on any atom is 0.256 e. The summed E-state index contributed by atoms with van der Waals surface area (Å²) in [7, 11) is 0. The van der Waals surface area contributed by atoms with Crippen LogP contribution in [0, 0.1) is 0 Å². The quantitative estimate of drug-likeness (QED) is 0.571. The van der Waals surface area contributed by atoms with Gasteiger partial charge in [0.25, 0.3) is 5.91 Å². The van der Waals surface area contributed by atoms with Crippen molar-refractivity contribution in [3.8, 4) is 0 Å². The van der Waals surface area contributed by atoms with Crippen molar-refractivity contribution in [2.75, 3.05) is 70.3 Å². The Balaban J connectivity index is 1.09. The van der Waals surface area contributed by atoms with Crippen LogP contribution >= 0.6 is 0 Å². The van der Waals surface area contributed by atoms with Crippen LogP contribution in [0.25, 0.3) is 0 Å². The van der Waals surface area contributed by atoms with Crippen molar-refractivity contribution in [1.82, 2.24) is 19.6 Å². The summed E-state index contributed by atoms with van der Waals surface area (Å²) in [5.74, 6) is 0.356. The molecule has 0 spiro atoms. The molecule has 34 heavy (non-hydrogen) atoms. The van der Waals surface area contributed by atoms with E-state index in [1.807, 2.05) is 34.1 Å². The Labute approximate surface area is 202 Å². The molecule has 4 aliphatic rings. The lowest BCUT2D eigenvalue weighted by atomic mass is 10.1. The summed E-state index contributed by atoms with van der Waals surface area (Å²) in [4.78, 5) is 49.2. The number of hydrogen-bond donors (Lipinski definition) is 0. The average Bonchev–Trinajstić information content (AvgIpc) is 3.56. The van der Waals surface area contributed by atoms with E-state index in [1.54, 1.807) is 4.90 Å². The lowest BCUT2D eigenvalue weighted by Crippen LogP contribution is -2.50. The van der Waals surface area contributed by atoms with Gasteiger partial charge in [-0.05, 0) is 57.2 Å². The molecule has 3 fully saturated rings. The van der Waals surface area contributed by atoms with Crippen molar-refractivity contribution in [2.24, 2.45) is 0 Å². The maximum absolute atomic E-state index is 13.3. The van der Waals surface area contributed by atoms with Gasteiger partial charge in [-0.1, -0.05) is 12.1 Å². The lowest BCUT2D eigenvalue weighted by Gasteiger charge is -2.35. The Morgan fingerprint density at radius 3 is 2.32 bits per heavy atom. The summed E-state index contributed by atoms with van der Waals surface area (Å²) in [6, 6.07) is 7.25. The van der Waals surface area contributed by atoms with Gasteiger partial charge in [0.2, 0.25) is 11.8 Å². The zero-order valence-corrected chi connectivity index (χ0v) is 20.2. The van der Waals surface area contributed by atoms with Crippen LogP contribution in [0.4, 0.5) is 5.69 Å². The number of unbranched alkanes of at least 4 members (excludes halogenated alkanes) is 1. The van der Waals surface area contributed by atoms with Crippen LogP contribution in [0.3, 0.4) is 0 Å². The fourth-order valence-electron chi connectivity index (χ4n) is 5.87. The number of carbonyl (C=O) groups is 3. The van der Waals surface area contributed by atoms with Crippen LogP contribution in [0.2, 0.25) is 0 Å². The molecule has 4 aliphatic heterocycles. The molecule has 1 aromatic rings. The Bertz CT molecular complexity index is 907. The molecule has 1 atom stereocenters. The third kappa shape index (κ3) is 4.84. The van der Waals surface area contributed by atoms with Crippen LogP contribution in [0.5, 0.6) is 0 Å². The van der Waals surface area contributed by atoms with Crippen molar-refractivity contribution < 1.29 is 14.4 Å². The molecule has 1 unspecified atom stereocenters. The molecule has 0 aliphatic carbocycles. The third-order valence-corrected chi connectivity index (χ3v) is 7.88. The van der Waals surface area contributed by atoms with Gasteiger partial charge < -0.3 is 19.6 Å². The Morgan fingerprint density at radius 2 is 1.53 bits per heavy atom. The zero-order chi connectivity index (χ0) is 23.5. The number of likely N-dealkylation sites (tertiary alicyclic amines) is 1. The number of fused-ring (bicyclic) bond motifs is 2. The average molecular weight is 468 g/mol. The van der Waals surface area contributed by atoms with E-state index < -0.39 is 0 Å². The monoisotopic (exact) mass is 467 g/mol. The fraction of sp³-hybridized carbons (Fsp3) is 0.654. The normalized spacial score (nSPS) is 23.9. The molecule has 1 aromatic carbocycles. The maximum atomic E-state index is 13.3. The smallest absolute Gasteiger partial charge is 0.256 e. The number of para-hydroxylation sites is 1. The van der Waals surface area contributed by atoms with Crippen LogP contribution in [0.15, 0.2) is 24.3 Å².